The van der Waals surface area contributed by atoms with E-state index in [1.807, 2.05) is 6.07 Å². The van der Waals surface area contributed by atoms with Crippen LogP contribution in [-0.2, 0) is 12.8 Å². The minimum absolute atomic E-state index is 0.0256. The monoisotopic (exact) mass is 383 g/mol. The second-order valence-corrected chi connectivity index (χ2v) is 8.41. The summed E-state index contributed by atoms with van der Waals surface area (Å²) in [6.07, 6.45) is 11.1. The fourth-order valence-corrected chi connectivity index (χ4v) is 5.05. The maximum atomic E-state index is 15.5. The number of halogens is 1. The van der Waals surface area contributed by atoms with E-state index in [4.69, 9.17) is 4.99 Å². The summed E-state index contributed by atoms with van der Waals surface area (Å²) in [5.41, 5.74) is 11.2. The highest BCUT2D eigenvalue weighted by Gasteiger charge is 2.27. The van der Waals surface area contributed by atoms with Crippen LogP contribution in [0.4, 0.5) is 4.39 Å². The number of rotatable bonds is 2. The molecule has 0 amide bonds. The van der Waals surface area contributed by atoms with E-state index in [1.165, 1.54) is 33.4 Å². The van der Waals surface area contributed by atoms with Gasteiger partial charge in [0.2, 0.25) is 0 Å². The molecular weight excluding hydrogens is 357 g/mol. The Morgan fingerprint density at radius 2 is 1.62 bits per heavy atom. The SMILES string of the molecule is Cc1cc(C)cc(C2=NCCc3c2ccc2c3CCC(C3=CCCC=C3)=C2F)c1. The van der Waals surface area contributed by atoms with Crippen molar-refractivity contribution in [1.29, 1.82) is 0 Å². The van der Waals surface area contributed by atoms with Gasteiger partial charge in [-0.15, -0.1) is 0 Å². The zero-order valence-corrected chi connectivity index (χ0v) is 17.2. The third kappa shape index (κ3) is 3.21. The molecule has 0 fully saturated rings. The third-order valence-corrected chi connectivity index (χ3v) is 6.28. The maximum absolute atomic E-state index is 15.5. The van der Waals surface area contributed by atoms with Crippen LogP contribution in [0.1, 0.15) is 58.2 Å². The Bertz CT molecular complexity index is 1110. The van der Waals surface area contributed by atoms with Crippen LogP contribution >= 0.6 is 0 Å². The molecule has 0 atom stereocenters. The number of aliphatic imine (C=N–C) groups is 1. The lowest BCUT2D eigenvalue weighted by Crippen LogP contribution is -2.19. The van der Waals surface area contributed by atoms with Gasteiger partial charge in [0.1, 0.15) is 5.83 Å². The Balaban J connectivity index is 1.60. The number of fused-ring (bicyclic) bond motifs is 3. The molecule has 0 bridgehead atoms. The second-order valence-electron chi connectivity index (χ2n) is 8.41. The van der Waals surface area contributed by atoms with Crippen molar-refractivity contribution >= 4 is 11.5 Å². The minimum atomic E-state index is -0.0256. The van der Waals surface area contributed by atoms with E-state index in [9.17, 15) is 0 Å². The van der Waals surface area contributed by atoms with E-state index in [0.29, 0.717) is 0 Å². The Morgan fingerprint density at radius 3 is 2.38 bits per heavy atom. The molecule has 2 aromatic rings. The van der Waals surface area contributed by atoms with E-state index in [-0.39, 0.29) is 5.83 Å². The molecule has 29 heavy (non-hydrogen) atoms. The van der Waals surface area contributed by atoms with Crippen molar-refractivity contribution in [3.05, 3.63) is 98.7 Å². The van der Waals surface area contributed by atoms with Crippen LogP contribution in [0.15, 0.2) is 64.7 Å². The Hall–Kier alpha value is -2.74. The maximum Gasteiger partial charge on any atom is 0.134 e. The molecule has 146 valence electrons. The lowest BCUT2D eigenvalue weighted by Gasteiger charge is -2.27. The van der Waals surface area contributed by atoms with Crippen molar-refractivity contribution < 1.29 is 4.39 Å². The average Bonchev–Trinajstić information content (AvgIpc) is 2.73. The Labute approximate surface area is 172 Å². The Morgan fingerprint density at radius 1 is 0.862 bits per heavy atom. The zero-order chi connectivity index (χ0) is 20.0. The van der Waals surface area contributed by atoms with E-state index < -0.39 is 0 Å². The van der Waals surface area contributed by atoms with Gasteiger partial charge in [0.25, 0.3) is 0 Å². The molecule has 5 rings (SSSR count). The molecule has 1 heterocycles. The van der Waals surface area contributed by atoms with Gasteiger partial charge in [-0.3, -0.25) is 4.99 Å². The first-order valence-electron chi connectivity index (χ1n) is 10.7. The van der Waals surface area contributed by atoms with Gasteiger partial charge < -0.3 is 0 Å². The van der Waals surface area contributed by atoms with Crippen LogP contribution in [0.5, 0.6) is 0 Å². The molecule has 0 N–H and O–H groups in total. The largest absolute Gasteiger partial charge is 0.284 e. The molecule has 1 nitrogen and oxygen atoms in total. The third-order valence-electron chi connectivity index (χ3n) is 6.28. The average molecular weight is 384 g/mol. The molecule has 1 aliphatic heterocycles. The van der Waals surface area contributed by atoms with Crippen molar-refractivity contribution in [2.75, 3.05) is 6.54 Å². The molecule has 0 unspecified atom stereocenters. The molecule has 2 aromatic carbocycles. The predicted molar refractivity (Wildman–Crippen MR) is 119 cm³/mol. The molecule has 0 spiro atoms. The molecule has 3 aliphatic rings. The van der Waals surface area contributed by atoms with Gasteiger partial charge in [0.05, 0.1) is 5.71 Å². The quantitative estimate of drug-likeness (QED) is 0.554. The summed E-state index contributed by atoms with van der Waals surface area (Å²) < 4.78 is 15.5. The van der Waals surface area contributed by atoms with E-state index in [0.717, 1.165) is 61.1 Å². The summed E-state index contributed by atoms with van der Waals surface area (Å²) in [7, 11) is 0. The minimum Gasteiger partial charge on any atom is -0.284 e. The number of benzene rings is 2. The highest BCUT2D eigenvalue weighted by molar-refractivity contribution is 6.14. The first kappa shape index (κ1) is 18.3. The summed E-state index contributed by atoms with van der Waals surface area (Å²) in [6.45, 7) is 5.03. The van der Waals surface area contributed by atoms with Crippen molar-refractivity contribution in [2.24, 2.45) is 4.99 Å². The number of aryl methyl sites for hydroxylation is 2. The number of hydrogen-bond donors (Lipinski definition) is 0. The summed E-state index contributed by atoms with van der Waals surface area (Å²) in [5.74, 6) is -0.0256. The highest BCUT2D eigenvalue weighted by Crippen LogP contribution is 2.40. The van der Waals surface area contributed by atoms with E-state index in [1.54, 1.807) is 0 Å². The van der Waals surface area contributed by atoms with Crippen LogP contribution in [-0.4, -0.2) is 12.3 Å². The van der Waals surface area contributed by atoms with Gasteiger partial charge in [-0.25, -0.2) is 4.39 Å². The summed E-state index contributed by atoms with van der Waals surface area (Å²) >= 11 is 0. The fourth-order valence-electron chi connectivity index (χ4n) is 5.05. The van der Waals surface area contributed by atoms with Crippen molar-refractivity contribution in [2.45, 2.75) is 46.0 Å². The second kappa shape index (κ2) is 7.26. The molecule has 0 saturated heterocycles. The molecule has 0 radical (unpaired) electrons. The van der Waals surface area contributed by atoms with Gasteiger partial charge in [0, 0.05) is 23.2 Å². The first-order valence-corrected chi connectivity index (χ1v) is 10.7. The van der Waals surface area contributed by atoms with Crippen LogP contribution in [0.2, 0.25) is 0 Å². The lowest BCUT2D eigenvalue weighted by atomic mass is 9.80. The number of allylic oxidation sites excluding steroid dienone is 5. The van der Waals surface area contributed by atoms with Crippen LogP contribution in [0, 0.1) is 13.8 Å². The van der Waals surface area contributed by atoms with Gasteiger partial charge in [-0.1, -0.05) is 47.6 Å². The molecule has 0 saturated carbocycles. The van der Waals surface area contributed by atoms with E-state index >= 15 is 4.39 Å². The molecule has 2 aliphatic carbocycles. The molecule has 0 aromatic heterocycles. The van der Waals surface area contributed by atoms with Crippen molar-refractivity contribution in [3.63, 3.8) is 0 Å². The Kier molecular flexibility index (Phi) is 4.58. The van der Waals surface area contributed by atoms with E-state index in [2.05, 4.69) is 56.3 Å². The van der Waals surface area contributed by atoms with Crippen molar-refractivity contribution in [1.82, 2.24) is 0 Å². The van der Waals surface area contributed by atoms with Crippen LogP contribution < -0.4 is 0 Å². The van der Waals surface area contributed by atoms with Gasteiger partial charge in [-0.2, -0.15) is 0 Å². The number of nitrogens with zero attached hydrogens (tertiary/aromatic N) is 1. The summed E-state index contributed by atoms with van der Waals surface area (Å²) in [4.78, 5) is 4.87. The first-order chi connectivity index (χ1) is 14.1. The zero-order valence-electron chi connectivity index (χ0n) is 17.2. The predicted octanol–water partition coefficient (Wildman–Crippen LogP) is 6.60. The lowest BCUT2D eigenvalue weighted by molar-refractivity contribution is 0.720. The normalized spacial score (nSPS) is 18.2. The van der Waals surface area contributed by atoms with Gasteiger partial charge in [-0.05, 0) is 80.4 Å². The molecular formula is C27H26FN. The number of hydrogen-bond acceptors (Lipinski definition) is 1. The summed E-state index contributed by atoms with van der Waals surface area (Å²) in [6, 6.07) is 10.7. The standard InChI is InChI=1S/C27H26FN/c1-17-14-18(2)16-20(15-17)27-25-11-10-24-22(23(25)12-13-29-27)9-8-21(26(24)28)19-6-4-3-5-7-19/h4,6-7,10-11,14-16H,3,5,8-9,12-13H2,1-2H3. The van der Waals surface area contributed by atoms with Crippen molar-refractivity contribution in [3.8, 4) is 0 Å². The smallest absolute Gasteiger partial charge is 0.134 e. The topological polar surface area (TPSA) is 12.4 Å². The fraction of sp³-hybridized carbons (Fsp3) is 0.296. The van der Waals surface area contributed by atoms with Crippen LogP contribution in [0.25, 0.3) is 5.83 Å². The van der Waals surface area contributed by atoms with Crippen LogP contribution in [0.3, 0.4) is 0 Å². The molecule has 2 heteroatoms. The van der Waals surface area contributed by atoms with Gasteiger partial charge in [0.15, 0.2) is 0 Å². The highest BCUT2D eigenvalue weighted by atomic mass is 19.1. The summed E-state index contributed by atoms with van der Waals surface area (Å²) in [5, 5.41) is 0. The van der Waals surface area contributed by atoms with Gasteiger partial charge >= 0.3 is 0 Å².